The second-order valence-corrected chi connectivity index (χ2v) is 25.1. The van der Waals surface area contributed by atoms with Gasteiger partial charge in [0.05, 0.1) is 40.3 Å². The first-order valence-corrected chi connectivity index (χ1v) is 36.9. The van der Waals surface area contributed by atoms with E-state index in [2.05, 4.69) is 196 Å². The number of nitrogens with zero attached hydrogens (tertiary/aromatic N) is 1. The molecule has 0 amide bonds. The molecule has 0 aliphatic rings. The van der Waals surface area contributed by atoms with Crippen LogP contribution in [0.1, 0.15) is 271 Å². The fourth-order valence-electron chi connectivity index (χ4n) is 9.59. The lowest BCUT2D eigenvalue weighted by Gasteiger charge is -2.26. The summed E-state index contributed by atoms with van der Waals surface area (Å²) in [6.07, 6.45) is 107. The van der Waals surface area contributed by atoms with Crippen molar-refractivity contribution < 1.29 is 42.9 Å². The van der Waals surface area contributed by atoms with Crippen molar-refractivity contribution in [2.24, 2.45) is 0 Å². The molecule has 0 aromatic carbocycles. The zero-order valence-corrected chi connectivity index (χ0v) is 59.8. The normalized spacial score (nSPS) is 13.8. The van der Waals surface area contributed by atoms with Gasteiger partial charge in [0.2, 0.25) is 0 Å². The molecular formula is C84H135NO8. The third-order valence-corrected chi connectivity index (χ3v) is 15.1. The molecule has 0 bridgehead atoms. The van der Waals surface area contributed by atoms with E-state index in [0.29, 0.717) is 17.4 Å². The van der Waals surface area contributed by atoms with Crippen LogP contribution < -0.4 is 5.11 Å². The molecule has 0 N–H and O–H groups in total. The third kappa shape index (κ3) is 73.7. The van der Waals surface area contributed by atoms with Crippen molar-refractivity contribution in [3.63, 3.8) is 0 Å². The molecule has 9 nitrogen and oxygen atoms in total. The first-order valence-electron chi connectivity index (χ1n) is 36.9. The number of aliphatic carboxylic acids is 1. The molecule has 0 saturated heterocycles. The van der Waals surface area contributed by atoms with Crippen LogP contribution in [0, 0.1) is 0 Å². The number of likely N-dealkylation sites (N-methyl/N-ethyl adjacent to an activating group) is 1. The summed E-state index contributed by atoms with van der Waals surface area (Å²) in [7, 11) is 5.91. The summed E-state index contributed by atoms with van der Waals surface area (Å²) in [5.41, 5.74) is 0. The van der Waals surface area contributed by atoms with Crippen LogP contribution in [-0.2, 0) is 33.3 Å². The van der Waals surface area contributed by atoms with E-state index in [9.17, 15) is 19.5 Å². The van der Waals surface area contributed by atoms with Gasteiger partial charge in [0, 0.05) is 12.8 Å². The van der Waals surface area contributed by atoms with Crippen molar-refractivity contribution in [2.75, 3.05) is 47.5 Å². The Balaban J connectivity index is 4.17. The van der Waals surface area contributed by atoms with E-state index in [1.165, 1.54) is 103 Å². The molecule has 0 aromatic heterocycles. The number of carboxylic acids is 1. The molecule has 0 radical (unpaired) electrons. The van der Waals surface area contributed by atoms with Gasteiger partial charge in [0.15, 0.2) is 12.4 Å². The number of ether oxygens (including phenoxy) is 4. The van der Waals surface area contributed by atoms with Crippen LogP contribution in [0.4, 0.5) is 0 Å². The van der Waals surface area contributed by atoms with Gasteiger partial charge in [-0.2, -0.15) is 0 Å². The van der Waals surface area contributed by atoms with E-state index in [1.807, 2.05) is 21.1 Å². The number of esters is 2. The Hall–Kier alpha value is -5.61. The monoisotopic (exact) mass is 1290 g/mol. The Bertz CT molecular complexity index is 2190. The van der Waals surface area contributed by atoms with Gasteiger partial charge in [-0.15, -0.1) is 0 Å². The highest BCUT2D eigenvalue weighted by atomic mass is 16.7. The molecule has 0 rings (SSSR count). The van der Waals surface area contributed by atoms with Crippen molar-refractivity contribution in [2.45, 2.75) is 283 Å². The number of unbranched alkanes of at least 4 members (excludes halogenated alkanes) is 21. The van der Waals surface area contributed by atoms with Crippen LogP contribution in [-0.4, -0.2) is 82.3 Å². The van der Waals surface area contributed by atoms with E-state index in [0.717, 1.165) is 135 Å². The summed E-state index contributed by atoms with van der Waals surface area (Å²) in [6, 6.07) is 0. The minimum absolute atomic E-state index is 0.132. The molecular weight excluding hydrogens is 1150 g/mol. The molecule has 0 aliphatic heterocycles. The molecule has 0 fully saturated rings. The number of carbonyl (C=O) groups is 3. The second-order valence-electron chi connectivity index (χ2n) is 25.1. The summed E-state index contributed by atoms with van der Waals surface area (Å²) < 4.78 is 22.8. The van der Waals surface area contributed by atoms with E-state index < -0.39 is 24.3 Å². The molecule has 2 unspecified atom stereocenters. The van der Waals surface area contributed by atoms with Gasteiger partial charge in [-0.25, -0.2) is 0 Å². The molecule has 0 aliphatic carbocycles. The largest absolute Gasteiger partial charge is 0.545 e. The predicted octanol–water partition coefficient (Wildman–Crippen LogP) is 22.2. The van der Waals surface area contributed by atoms with Crippen LogP contribution in [0.3, 0.4) is 0 Å². The third-order valence-electron chi connectivity index (χ3n) is 15.1. The van der Waals surface area contributed by atoms with Gasteiger partial charge in [0.25, 0.3) is 0 Å². The van der Waals surface area contributed by atoms with Gasteiger partial charge in [-0.1, -0.05) is 305 Å². The van der Waals surface area contributed by atoms with Crippen LogP contribution >= 0.6 is 0 Å². The summed E-state index contributed by atoms with van der Waals surface area (Å²) in [5.74, 6) is -2.34. The average Bonchev–Trinajstić information content (AvgIpc) is 3.38. The highest BCUT2D eigenvalue weighted by Gasteiger charge is 2.22. The molecule has 2 atom stereocenters. The Kier molecular flexibility index (Phi) is 67.9. The molecule has 0 spiro atoms. The Labute approximate surface area is 570 Å². The SMILES string of the molecule is CC/C=C\C/C=C\C/C=C\C/C=C\C/C=C\C/C=C\C/C=C\C/C=C\C/C=C\CCCCCC(=O)OC(COC(=O)CCCCCCCCCCCCCCCCCCCC/C=C\C/C=C\C/C=C\C/C=C\C/C=C\C/C=C\CC)COC(OCC[N+](C)(C)C)C(=O)[O-]. The smallest absolute Gasteiger partial charge is 0.306 e. The molecule has 0 saturated carbocycles. The quantitative estimate of drug-likeness (QED) is 0.0195. The molecule has 93 heavy (non-hydrogen) atoms. The summed E-state index contributed by atoms with van der Waals surface area (Å²) in [4.78, 5) is 37.5. The Morgan fingerprint density at radius 3 is 0.871 bits per heavy atom. The van der Waals surface area contributed by atoms with E-state index >= 15 is 0 Å². The number of quaternary nitrogens is 1. The average molecular weight is 1290 g/mol. The van der Waals surface area contributed by atoms with Crippen molar-refractivity contribution in [1.82, 2.24) is 0 Å². The first kappa shape index (κ1) is 87.4. The fourth-order valence-corrected chi connectivity index (χ4v) is 9.59. The lowest BCUT2D eigenvalue weighted by atomic mass is 10.0. The number of hydrogen-bond donors (Lipinski definition) is 0. The maximum Gasteiger partial charge on any atom is 0.306 e. The summed E-state index contributed by atoms with van der Waals surface area (Å²) in [5, 5.41) is 11.8. The summed E-state index contributed by atoms with van der Waals surface area (Å²) in [6.45, 7) is 4.47. The van der Waals surface area contributed by atoms with Crippen molar-refractivity contribution in [3.05, 3.63) is 182 Å². The van der Waals surface area contributed by atoms with Gasteiger partial charge in [-0.05, 0) is 135 Å². The summed E-state index contributed by atoms with van der Waals surface area (Å²) >= 11 is 0. The Morgan fingerprint density at radius 1 is 0.323 bits per heavy atom. The van der Waals surface area contributed by atoms with E-state index in [1.54, 1.807) is 0 Å². The van der Waals surface area contributed by atoms with Crippen LogP contribution in [0.25, 0.3) is 0 Å². The number of hydrogen-bond acceptors (Lipinski definition) is 8. The lowest BCUT2D eigenvalue weighted by molar-refractivity contribution is -0.870. The standard InChI is InChI=1S/C84H135NO8/c1-6-8-10-12-14-16-18-20-22-24-26-28-30-32-34-36-38-39-40-41-42-43-45-46-48-50-52-54-56-58-60-62-64-66-68-70-72-74-81(86)91-78-80(79-92-84(83(88)89)90-77-76-85(3,4)5)93-82(87)75-73-71-69-67-65-63-61-59-57-55-53-51-49-47-44-37-35-33-31-29-27-25-23-21-19-17-15-13-11-9-7-2/h8-11,14-17,20-23,26-29,32-35,38-39,44,47,51,53,57,59,63,65,80,84H,6-7,12-13,18-19,24-25,30-31,36-37,40-43,45-46,48-50,52,54-56,58,60-62,64,66-79H2,1-5H3/b10-8-,11-9-,16-14-,17-15-,22-20-,23-21-,28-26-,29-27-,34-32-,35-33-,39-38-,47-44-,53-51-,59-57-,65-63-. The van der Waals surface area contributed by atoms with Crippen molar-refractivity contribution >= 4 is 17.9 Å². The Morgan fingerprint density at radius 2 is 0.581 bits per heavy atom. The topological polar surface area (TPSA) is 111 Å². The number of allylic oxidation sites excluding steroid dienone is 30. The highest BCUT2D eigenvalue weighted by Crippen LogP contribution is 2.16. The maximum absolute atomic E-state index is 12.9. The molecule has 9 heteroatoms. The van der Waals surface area contributed by atoms with Gasteiger partial charge in [0.1, 0.15) is 13.2 Å². The zero-order valence-electron chi connectivity index (χ0n) is 59.8. The second kappa shape index (κ2) is 72.2. The fraction of sp³-hybridized carbons (Fsp3) is 0.607. The van der Waals surface area contributed by atoms with E-state index in [-0.39, 0.29) is 38.6 Å². The predicted molar refractivity (Wildman–Crippen MR) is 398 cm³/mol. The zero-order chi connectivity index (χ0) is 67.5. The molecule has 0 heterocycles. The van der Waals surface area contributed by atoms with Crippen molar-refractivity contribution in [3.8, 4) is 0 Å². The van der Waals surface area contributed by atoms with Gasteiger partial charge >= 0.3 is 11.9 Å². The minimum atomic E-state index is -1.64. The van der Waals surface area contributed by atoms with Crippen LogP contribution in [0.2, 0.25) is 0 Å². The highest BCUT2D eigenvalue weighted by molar-refractivity contribution is 5.70. The van der Waals surface area contributed by atoms with E-state index in [4.69, 9.17) is 18.9 Å². The van der Waals surface area contributed by atoms with Crippen LogP contribution in [0.5, 0.6) is 0 Å². The number of rotatable bonds is 66. The first-order chi connectivity index (χ1) is 45.6. The molecule has 524 valence electrons. The van der Waals surface area contributed by atoms with Gasteiger partial charge < -0.3 is 33.3 Å². The van der Waals surface area contributed by atoms with Gasteiger partial charge in [-0.3, -0.25) is 9.59 Å². The minimum Gasteiger partial charge on any atom is -0.545 e. The lowest BCUT2D eigenvalue weighted by Crippen LogP contribution is -2.44. The maximum atomic E-state index is 12.9. The number of carboxylic acid groups (broad SMARTS) is 1. The van der Waals surface area contributed by atoms with Crippen molar-refractivity contribution in [1.29, 1.82) is 0 Å². The molecule has 0 aromatic rings. The number of carbonyl (C=O) groups excluding carboxylic acids is 3. The van der Waals surface area contributed by atoms with Crippen LogP contribution in [0.15, 0.2) is 182 Å².